The van der Waals surface area contributed by atoms with Gasteiger partial charge < -0.3 is 4.57 Å². The van der Waals surface area contributed by atoms with Crippen LogP contribution in [-0.2, 0) is 13.0 Å². The van der Waals surface area contributed by atoms with E-state index in [1.165, 1.54) is 23.9 Å². The van der Waals surface area contributed by atoms with E-state index in [1.54, 1.807) is 0 Å². The first kappa shape index (κ1) is 11.5. The zero-order valence-electron chi connectivity index (χ0n) is 11.1. The lowest BCUT2D eigenvalue weighted by atomic mass is 10.00. The van der Waals surface area contributed by atoms with Crippen molar-refractivity contribution in [1.29, 1.82) is 0 Å². The highest BCUT2D eigenvalue weighted by Gasteiger charge is 2.15. The van der Waals surface area contributed by atoms with Crippen molar-refractivity contribution in [2.45, 2.75) is 45.6 Å². The van der Waals surface area contributed by atoms with Crippen LogP contribution in [-0.4, -0.2) is 4.57 Å². The van der Waals surface area contributed by atoms with Gasteiger partial charge in [-0.05, 0) is 36.8 Å². The van der Waals surface area contributed by atoms with Gasteiger partial charge in [-0.1, -0.05) is 26.0 Å². The predicted octanol–water partition coefficient (Wildman–Crippen LogP) is 3.46. The zero-order chi connectivity index (χ0) is 12.7. The number of rotatable bonds is 1. The van der Waals surface area contributed by atoms with Crippen LogP contribution in [0, 0.1) is 0 Å². The van der Waals surface area contributed by atoms with Gasteiger partial charge in [0.15, 0.2) is 5.43 Å². The molecule has 0 N–H and O–H groups in total. The largest absolute Gasteiger partial charge is 0.347 e. The van der Waals surface area contributed by atoms with Crippen molar-refractivity contribution in [2.24, 2.45) is 0 Å². The molecule has 18 heavy (non-hydrogen) atoms. The Kier molecular flexibility index (Phi) is 2.73. The number of hydrogen-bond donors (Lipinski definition) is 0. The molecule has 0 radical (unpaired) electrons. The van der Waals surface area contributed by atoms with Crippen molar-refractivity contribution < 1.29 is 0 Å². The fourth-order valence-corrected chi connectivity index (χ4v) is 2.95. The molecule has 2 heterocycles. The van der Waals surface area contributed by atoms with Gasteiger partial charge in [0.05, 0.1) is 5.52 Å². The van der Waals surface area contributed by atoms with Crippen LogP contribution in [0.25, 0.3) is 10.9 Å². The Morgan fingerprint density at radius 1 is 1.22 bits per heavy atom. The SMILES string of the molecule is CC(C)c1cn2c3c(cccc3c1=O)CCCC2. The van der Waals surface area contributed by atoms with Crippen molar-refractivity contribution in [2.75, 3.05) is 0 Å². The molecule has 0 unspecified atom stereocenters. The molecule has 1 aromatic carbocycles. The van der Waals surface area contributed by atoms with Crippen molar-refractivity contribution in [3.8, 4) is 0 Å². The summed E-state index contributed by atoms with van der Waals surface area (Å²) in [6, 6.07) is 6.17. The van der Waals surface area contributed by atoms with Crippen LogP contribution < -0.4 is 5.43 Å². The molecule has 0 fully saturated rings. The number of pyridine rings is 1. The van der Waals surface area contributed by atoms with E-state index in [9.17, 15) is 4.79 Å². The Morgan fingerprint density at radius 3 is 2.83 bits per heavy atom. The summed E-state index contributed by atoms with van der Waals surface area (Å²) in [6.07, 6.45) is 5.60. The number of nitrogens with zero attached hydrogens (tertiary/aromatic N) is 1. The summed E-state index contributed by atoms with van der Waals surface area (Å²) in [5, 5.41) is 0.903. The third-order valence-corrected chi connectivity index (χ3v) is 3.93. The van der Waals surface area contributed by atoms with Crippen LogP contribution in [0.3, 0.4) is 0 Å². The molecule has 0 aliphatic carbocycles. The Hall–Kier alpha value is -1.57. The van der Waals surface area contributed by atoms with Gasteiger partial charge in [0.2, 0.25) is 0 Å². The lowest BCUT2D eigenvalue weighted by molar-refractivity contribution is 0.636. The van der Waals surface area contributed by atoms with Crippen LogP contribution in [0.5, 0.6) is 0 Å². The molecule has 0 bridgehead atoms. The molecular weight excluding hydrogens is 222 g/mol. The lowest BCUT2D eigenvalue weighted by Crippen LogP contribution is -2.16. The molecule has 94 valence electrons. The topological polar surface area (TPSA) is 22.0 Å². The molecule has 0 amide bonds. The number of aromatic nitrogens is 1. The van der Waals surface area contributed by atoms with E-state index in [0.29, 0.717) is 0 Å². The van der Waals surface area contributed by atoms with Crippen LogP contribution in [0.4, 0.5) is 0 Å². The van der Waals surface area contributed by atoms with Crippen molar-refractivity contribution in [3.05, 3.63) is 45.7 Å². The monoisotopic (exact) mass is 241 g/mol. The fourth-order valence-electron chi connectivity index (χ4n) is 2.95. The van der Waals surface area contributed by atoms with E-state index in [4.69, 9.17) is 0 Å². The molecule has 1 aromatic heterocycles. The van der Waals surface area contributed by atoms with Crippen molar-refractivity contribution in [1.82, 2.24) is 4.57 Å². The molecule has 2 aromatic rings. The fraction of sp³-hybridized carbons (Fsp3) is 0.438. The van der Waals surface area contributed by atoms with Gasteiger partial charge in [0, 0.05) is 23.7 Å². The maximum atomic E-state index is 12.5. The van der Waals surface area contributed by atoms with E-state index >= 15 is 0 Å². The van der Waals surface area contributed by atoms with Gasteiger partial charge in [-0.15, -0.1) is 0 Å². The van der Waals surface area contributed by atoms with Crippen molar-refractivity contribution >= 4 is 10.9 Å². The molecule has 0 atom stereocenters. The predicted molar refractivity (Wildman–Crippen MR) is 75.2 cm³/mol. The Balaban J connectivity index is 2.43. The first-order valence-electron chi connectivity index (χ1n) is 6.83. The third kappa shape index (κ3) is 1.67. The summed E-state index contributed by atoms with van der Waals surface area (Å²) in [4.78, 5) is 12.5. The second-order valence-corrected chi connectivity index (χ2v) is 5.53. The Morgan fingerprint density at radius 2 is 2.06 bits per heavy atom. The molecular formula is C16H19NO. The van der Waals surface area contributed by atoms with Gasteiger partial charge in [0.25, 0.3) is 0 Å². The summed E-state index contributed by atoms with van der Waals surface area (Å²) >= 11 is 0. The third-order valence-electron chi connectivity index (χ3n) is 3.93. The normalized spacial score (nSPS) is 15.1. The average Bonchev–Trinajstić information content (AvgIpc) is 2.56. The van der Waals surface area contributed by atoms with E-state index < -0.39 is 0 Å². The maximum absolute atomic E-state index is 12.5. The minimum Gasteiger partial charge on any atom is -0.347 e. The second-order valence-electron chi connectivity index (χ2n) is 5.53. The molecule has 3 rings (SSSR count). The van der Waals surface area contributed by atoms with Gasteiger partial charge in [-0.25, -0.2) is 0 Å². The average molecular weight is 241 g/mol. The number of hydrogen-bond acceptors (Lipinski definition) is 1. The minimum absolute atomic E-state index is 0.222. The smallest absolute Gasteiger partial charge is 0.192 e. The summed E-state index contributed by atoms with van der Waals surface area (Å²) in [5.41, 5.74) is 3.67. The van der Waals surface area contributed by atoms with E-state index in [2.05, 4.69) is 30.7 Å². The van der Waals surface area contributed by atoms with E-state index in [1.807, 2.05) is 12.1 Å². The summed E-state index contributed by atoms with van der Waals surface area (Å²) in [6.45, 7) is 5.22. The Bertz CT molecular complexity index is 652. The van der Waals surface area contributed by atoms with E-state index in [-0.39, 0.29) is 11.3 Å². The first-order chi connectivity index (χ1) is 8.68. The molecule has 0 saturated heterocycles. The highest BCUT2D eigenvalue weighted by atomic mass is 16.1. The quantitative estimate of drug-likeness (QED) is 0.749. The summed E-state index contributed by atoms with van der Waals surface area (Å²) in [7, 11) is 0. The zero-order valence-corrected chi connectivity index (χ0v) is 11.1. The van der Waals surface area contributed by atoms with E-state index in [0.717, 1.165) is 23.9 Å². The van der Waals surface area contributed by atoms with Gasteiger partial charge in [-0.3, -0.25) is 4.79 Å². The molecule has 2 nitrogen and oxygen atoms in total. The number of benzene rings is 1. The van der Waals surface area contributed by atoms with Crippen LogP contribution in [0.2, 0.25) is 0 Å². The van der Waals surface area contributed by atoms with Crippen LogP contribution in [0.15, 0.2) is 29.2 Å². The van der Waals surface area contributed by atoms with Crippen molar-refractivity contribution in [3.63, 3.8) is 0 Å². The highest BCUT2D eigenvalue weighted by molar-refractivity contribution is 5.83. The van der Waals surface area contributed by atoms with Crippen LogP contribution >= 0.6 is 0 Å². The molecule has 1 aliphatic heterocycles. The standard InChI is InChI=1S/C16H19NO/c1-11(2)14-10-17-9-4-3-6-12-7-5-8-13(15(12)17)16(14)18/h5,7-8,10-11H,3-4,6,9H2,1-2H3. The molecule has 2 heteroatoms. The molecule has 0 saturated carbocycles. The number of aryl methyl sites for hydroxylation is 2. The van der Waals surface area contributed by atoms with Gasteiger partial charge in [0.1, 0.15) is 0 Å². The summed E-state index contributed by atoms with van der Waals surface area (Å²) < 4.78 is 2.30. The molecule has 1 aliphatic rings. The first-order valence-corrected chi connectivity index (χ1v) is 6.83. The lowest BCUT2D eigenvalue weighted by Gasteiger charge is -2.15. The Labute approximate surface area is 107 Å². The van der Waals surface area contributed by atoms with Gasteiger partial charge >= 0.3 is 0 Å². The van der Waals surface area contributed by atoms with Gasteiger partial charge in [-0.2, -0.15) is 0 Å². The summed E-state index contributed by atoms with van der Waals surface area (Å²) in [5.74, 6) is 0.289. The molecule has 0 spiro atoms. The minimum atomic E-state index is 0.222. The highest BCUT2D eigenvalue weighted by Crippen LogP contribution is 2.24. The number of para-hydroxylation sites is 1. The maximum Gasteiger partial charge on any atom is 0.192 e. The van der Waals surface area contributed by atoms with Crippen LogP contribution in [0.1, 0.15) is 43.7 Å². The second kappa shape index (κ2) is 4.27.